The van der Waals surface area contributed by atoms with Gasteiger partial charge in [0.05, 0.1) is 11.1 Å². The van der Waals surface area contributed by atoms with Crippen molar-refractivity contribution in [3.05, 3.63) is 64.3 Å². The molecule has 1 fully saturated rings. The van der Waals surface area contributed by atoms with Crippen LogP contribution in [0.15, 0.2) is 47.4 Å². The first kappa shape index (κ1) is 21.5. The molecule has 2 aliphatic heterocycles. The second-order valence-corrected chi connectivity index (χ2v) is 10.4. The SMILES string of the molecule is O=C(c1ccc(Cl)c(S(=O)(=O)NCC2CCCO2)c1)N1CCc2[nH]c3ccccc3c2C1. The number of rotatable bonds is 5. The third kappa shape index (κ3) is 4.03. The maximum Gasteiger partial charge on any atom is 0.254 e. The van der Waals surface area contributed by atoms with E-state index < -0.39 is 10.0 Å². The van der Waals surface area contributed by atoms with Crippen molar-refractivity contribution in [2.45, 2.75) is 36.8 Å². The number of para-hydroxylation sites is 1. The minimum atomic E-state index is -3.87. The highest BCUT2D eigenvalue weighted by molar-refractivity contribution is 7.89. The van der Waals surface area contributed by atoms with E-state index in [9.17, 15) is 13.2 Å². The molecule has 1 unspecified atom stereocenters. The number of hydrogen-bond acceptors (Lipinski definition) is 4. The fourth-order valence-corrected chi connectivity index (χ4v) is 6.04. The van der Waals surface area contributed by atoms with Crippen LogP contribution in [0.4, 0.5) is 0 Å². The summed E-state index contributed by atoms with van der Waals surface area (Å²) in [5.74, 6) is -0.215. The average molecular weight is 474 g/mol. The van der Waals surface area contributed by atoms with Crippen LogP contribution >= 0.6 is 11.6 Å². The Kier molecular flexibility index (Phi) is 5.71. The monoisotopic (exact) mass is 473 g/mol. The second-order valence-electron chi connectivity index (χ2n) is 8.24. The van der Waals surface area contributed by atoms with Crippen LogP contribution in [0.3, 0.4) is 0 Å². The fourth-order valence-electron chi connectivity index (χ4n) is 4.45. The standard InChI is InChI=1S/C23H24ClN3O4S/c24-19-8-7-15(12-22(19)32(29,30)25-13-16-4-3-11-31-16)23(28)27-10-9-21-18(14-27)17-5-1-2-6-20(17)26-21/h1-2,5-8,12,16,25-26H,3-4,9-11,13-14H2. The molecule has 1 atom stereocenters. The van der Waals surface area contributed by atoms with E-state index in [-0.39, 0.29) is 28.5 Å². The summed E-state index contributed by atoms with van der Waals surface area (Å²) >= 11 is 6.20. The van der Waals surface area contributed by atoms with Crippen LogP contribution in [0.25, 0.3) is 10.9 Å². The normalized spacial score (nSPS) is 18.8. The molecule has 0 bridgehead atoms. The predicted octanol–water partition coefficient (Wildman–Crippen LogP) is 3.48. The molecule has 1 amide bonds. The molecule has 0 radical (unpaired) electrons. The quantitative estimate of drug-likeness (QED) is 0.593. The predicted molar refractivity (Wildman–Crippen MR) is 122 cm³/mol. The highest BCUT2D eigenvalue weighted by atomic mass is 35.5. The number of H-pyrrole nitrogens is 1. The molecule has 168 valence electrons. The van der Waals surface area contributed by atoms with Crippen molar-refractivity contribution in [3.63, 3.8) is 0 Å². The molecule has 1 saturated heterocycles. The lowest BCUT2D eigenvalue weighted by Crippen LogP contribution is -2.36. The van der Waals surface area contributed by atoms with Gasteiger partial charge in [-0.2, -0.15) is 0 Å². The number of carbonyl (C=O) groups is 1. The summed E-state index contributed by atoms with van der Waals surface area (Å²) in [6.07, 6.45) is 2.33. The maximum absolute atomic E-state index is 13.3. The minimum Gasteiger partial charge on any atom is -0.377 e. The Labute approximate surface area is 191 Å². The van der Waals surface area contributed by atoms with Crippen molar-refractivity contribution < 1.29 is 17.9 Å². The first-order valence-corrected chi connectivity index (χ1v) is 12.6. The van der Waals surface area contributed by atoms with Crippen molar-refractivity contribution in [2.24, 2.45) is 0 Å². The van der Waals surface area contributed by atoms with Gasteiger partial charge >= 0.3 is 0 Å². The van der Waals surface area contributed by atoms with E-state index in [0.29, 0.717) is 25.3 Å². The van der Waals surface area contributed by atoms with Crippen LogP contribution < -0.4 is 4.72 Å². The van der Waals surface area contributed by atoms with Gasteiger partial charge in [0.2, 0.25) is 10.0 Å². The number of fused-ring (bicyclic) bond motifs is 3. The Morgan fingerprint density at radius 1 is 1.25 bits per heavy atom. The number of amides is 1. The molecule has 2 aliphatic rings. The molecule has 3 heterocycles. The van der Waals surface area contributed by atoms with Gasteiger partial charge in [0.15, 0.2) is 0 Å². The van der Waals surface area contributed by atoms with Crippen LogP contribution in [0.5, 0.6) is 0 Å². The Morgan fingerprint density at radius 3 is 2.91 bits per heavy atom. The van der Waals surface area contributed by atoms with Crippen LogP contribution in [0.2, 0.25) is 5.02 Å². The van der Waals surface area contributed by atoms with E-state index in [1.165, 1.54) is 12.1 Å². The molecule has 7 nitrogen and oxygen atoms in total. The zero-order valence-electron chi connectivity index (χ0n) is 17.4. The lowest BCUT2D eigenvalue weighted by atomic mass is 10.0. The van der Waals surface area contributed by atoms with Gasteiger partial charge in [-0.1, -0.05) is 29.8 Å². The molecule has 2 aromatic carbocycles. The number of nitrogens with one attached hydrogen (secondary N) is 2. The average Bonchev–Trinajstić information content (AvgIpc) is 3.45. The summed E-state index contributed by atoms with van der Waals surface area (Å²) in [5, 5.41) is 1.19. The van der Waals surface area contributed by atoms with E-state index in [2.05, 4.69) is 9.71 Å². The van der Waals surface area contributed by atoms with Crippen molar-refractivity contribution in [2.75, 3.05) is 19.7 Å². The van der Waals surface area contributed by atoms with Crippen LogP contribution in [0, 0.1) is 0 Å². The molecular weight excluding hydrogens is 450 g/mol. The Balaban J connectivity index is 1.37. The van der Waals surface area contributed by atoms with E-state index in [4.69, 9.17) is 16.3 Å². The van der Waals surface area contributed by atoms with Crippen molar-refractivity contribution in [1.82, 2.24) is 14.6 Å². The Hall–Kier alpha value is -2.39. The second kappa shape index (κ2) is 8.51. The number of ether oxygens (including phenoxy) is 1. The van der Waals surface area contributed by atoms with E-state index in [0.717, 1.165) is 41.4 Å². The molecule has 1 aromatic heterocycles. The minimum absolute atomic E-state index is 0.0824. The highest BCUT2D eigenvalue weighted by Gasteiger charge is 2.27. The molecule has 0 aliphatic carbocycles. The van der Waals surface area contributed by atoms with Crippen LogP contribution in [-0.4, -0.2) is 50.0 Å². The van der Waals surface area contributed by atoms with E-state index >= 15 is 0 Å². The lowest BCUT2D eigenvalue weighted by Gasteiger charge is -2.27. The van der Waals surface area contributed by atoms with Crippen LogP contribution in [-0.2, 0) is 27.7 Å². The van der Waals surface area contributed by atoms with E-state index in [1.54, 1.807) is 11.0 Å². The summed E-state index contributed by atoms with van der Waals surface area (Å²) in [6, 6.07) is 12.5. The largest absolute Gasteiger partial charge is 0.377 e. The van der Waals surface area contributed by atoms with Gasteiger partial charge in [0.1, 0.15) is 4.90 Å². The summed E-state index contributed by atoms with van der Waals surface area (Å²) in [6.45, 7) is 1.86. The number of hydrogen-bond donors (Lipinski definition) is 2. The number of halogens is 1. The number of carbonyl (C=O) groups excluding carboxylic acids is 1. The number of aromatic nitrogens is 1. The van der Waals surface area contributed by atoms with Gasteiger partial charge in [-0.15, -0.1) is 0 Å². The lowest BCUT2D eigenvalue weighted by molar-refractivity contribution is 0.0735. The van der Waals surface area contributed by atoms with Crippen LogP contribution in [0.1, 0.15) is 34.5 Å². The van der Waals surface area contributed by atoms with Crippen molar-refractivity contribution >= 4 is 38.4 Å². The van der Waals surface area contributed by atoms with Crippen molar-refractivity contribution in [1.29, 1.82) is 0 Å². The molecule has 9 heteroatoms. The summed E-state index contributed by atoms with van der Waals surface area (Å²) in [4.78, 5) is 18.4. The summed E-state index contributed by atoms with van der Waals surface area (Å²) < 4.78 is 33.8. The molecule has 5 rings (SSSR count). The molecule has 0 saturated carbocycles. The van der Waals surface area contributed by atoms with Gasteiger partial charge in [-0.25, -0.2) is 13.1 Å². The Bertz CT molecular complexity index is 1280. The van der Waals surface area contributed by atoms with Gasteiger partial charge in [-0.3, -0.25) is 4.79 Å². The zero-order chi connectivity index (χ0) is 22.3. The van der Waals surface area contributed by atoms with Gasteiger partial charge < -0.3 is 14.6 Å². The number of nitrogens with zero attached hydrogens (tertiary/aromatic N) is 1. The summed E-state index contributed by atoms with van der Waals surface area (Å²) in [5.41, 5.74) is 3.62. The van der Waals surface area contributed by atoms with Gasteiger partial charge in [-0.05, 0) is 37.1 Å². The Morgan fingerprint density at radius 2 is 2.09 bits per heavy atom. The first-order valence-electron chi connectivity index (χ1n) is 10.7. The molecule has 2 N–H and O–H groups in total. The molecule has 0 spiro atoms. The molecular formula is C23H24ClN3O4S. The van der Waals surface area contributed by atoms with Crippen molar-refractivity contribution in [3.8, 4) is 0 Å². The fraction of sp³-hybridized carbons (Fsp3) is 0.348. The zero-order valence-corrected chi connectivity index (χ0v) is 19.0. The van der Waals surface area contributed by atoms with E-state index in [1.807, 2.05) is 24.3 Å². The number of aromatic amines is 1. The third-order valence-corrected chi connectivity index (χ3v) is 8.07. The molecule has 32 heavy (non-hydrogen) atoms. The molecule has 3 aromatic rings. The maximum atomic E-state index is 13.3. The van der Waals surface area contributed by atoms with Gasteiger partial charge in [0.25, 0.3) is 5.91 Å². The third-order valence-electron chi connectivity index (χ3n) is 6.16. The smallest absolute Gasteiger partial charge is 0.254 e. The number of benzene rings is 2. The first-order chi connectivity index (χ1) is 15.4. The van der Waals surface area contributed by atoms with Gasteiger partial charge in [0, 0.05) is 60.4 Å². The topological polar surface area (TPSA) is 91.5 Å². The number of sulfonamides is 1. The highest BCUT2D eigenvalue weighted by Crippen LogP contribution is 2.29. The summed E-state index contributed by atoms with van der Waals surface area (Å²) in [7, 11) is -3.87.